The summed E-state index contributed by atoms with van der Waals surface area (Å²) in [6, 6.07) is 15.9. The molecule has 0 saturated carbocycles. The minimum absolute atomic E-state index is 0.00433. The Morgan fingerprint density at radius 1 is 1.11 bits per heavy atom. The van der Waals surface area contributed by atoms with Crippen molar-refractivity contribution in [2.24, 2.45) is 11.8 Å². The number of likely N-dealkylation sites (tertiary alicyclic amines) is 1. The summed E-state index contributed by atoms with van der Waals surface area (Å²) >= 11 is 7.90. The first kappa shape index (κ1) is 24.2. The van der Waals surface area contributed by atoms with Gasteiger partial charge in [0.05, 0.1) is 27.3 Å². The Hall–Kier alpha value is -2.55. The predicted octanol–water partition coefficient (Wildman–Crippen LogP) is 3.07. The van der Waals surface area contributed by atoms with Gasteiger partial charge < -0.3 is 20.6 Å². The summed E-state index contributed by atoms with van der Waals surface area (Å²) in [5, 5.41) is 15.8. The van der Waals surface area contributed by atoms with Crippen molar-refractivity contribution in [1.82, 2.24) is 10.2 Å². The largest absolute Gasteiger partial charge is 0.396 e. The van der Waals surface area contributed by atoms with Gasteiger partial charge in [-0.15, -0.1) is 11.8 Å². The number of anilines is 1. The smallest absolute Gasteiger partial charge is 0.248 e. The van der Waals surface area contributed by atoms with Gasteiger partial charge in [0.15, 0.2) is 0 Å². The average Bonchev–Trinajstić information content (AvgIpc) is 3.50. The topological polar surface area (TPSA) is 98.7 Å². The van der Waals surface area contributed by atoms with Crippen molar-refractivity contribution in [2.75, 3.05) is 18.5 Å². The summed E-state index contributed by atoms with van der Waals surface area (Å²) in [7, 11) is 0. The molecule has 2 bridgehead atoms. The Morgan fingerprint density at radius 2 is 1.86 bits per heavy atom. The lowest BCUT2D eigenvalue weighted by atomic mass is 9.70. The maximum absolute atomic E-state index is 13.7. The molecule has 0 aromatic heterocycles. The van der Waals surface area contributed by atoms with Crippen LogP contribution in [-0.2, 0) is 20.9 Å². The van der Waals surface area contributed by atoms with Gasteiger partial charge in [0.2, 0.25) is 17.7 Å². The Morgan fingerprint density at radius 3 is 2.60 bits per heavy atom. The maximum atomic E-state index is 13.7. The monoisotopic (exact) mass is 513 g/mol. The number of carbonyl (C=O) groups is 3. The molecule has 3 amide bonds. The number of hydrogen-bond acceptors (Lipinski definition) is 5. The molecule has 0 aliphatic carbocycles. The highest BCUT2D eigenvalue weighted by molar-refractivity contribution is 8.02. The number of fused-ring (bicyclic) bond motifs is 1. The number of halogens is 1. The highest BCUT2D eigenvalue weighted by atomic mass is 35.5. The molecule has 9 heteroatoms. The normalized spacial score (nSPS) is 28.7. The lowest BCUT2D eigenvalue weighted by molar-refractivity contribution is -0.139. The fourth-order valence-corrected chi connectivity index (χ4v) is 8.30. The number of nitrogens with zero attached hydrogens (tertiary/aromatic N) is 1. The molecule has 2 aromatic rings. The molecule has 2 unspecified atom stereocenters. The number of nitrogens with one attached hydrogen (secondary N) is 2. The first-order valence-corrected chi connectivity index (χ1v) is 13.2. The van der Waals surface area contributed by atoms with Crippen molar-refractivity contribution >= 4 is 46.8 Å². The Balaban J connectivity index is 1.42. The van der Waals surface area contributed by atoms with Crippen LogP contribution in [0.1, 0.15) is 24.8 Å². The Bertz CT molecular complexity index is 1130. The molecule has 3 aliphatic heterocycles. The third-order valence-electron chi connectivity index (χ3n) is 7.35. The van der Waals surface area contributed by atoms with E-state index in [-0.39, 0.29) is 36.1 Å². The van der Waals surface area contributed by atoms with E-state index in [0.717, 1.165) is 12.0 Å². The number of aliphatic hydroxyl groups excluding tert-OH is 1. The van der Waals surface area contributed by atoms with Crippen molar-refractivity contribution < 1.29 is 19.5 Å². The number of thioether (sulfide) groups is 1. The first-order valence-electron chi connectivity index (χ1n) is 11.9. The van der Waals surface area contributed by atoms with Crippen LogP contribution in [0.4, 0.5) is 5.69 Å². The zero-order valence-corrected chi connectivity index (χ0v) is 20.7. The van der Waals surface area contributed by atoms with Crippen molar-refractivity contribution in [1.29, 1.82) is 0 Å². The Kier molecular flexibility index (Phi) is 6.79. The molecule has 3 N–H and O–H groups in total. The van der Waals surface area contributed by atoms with E-state index in [1.54, 1.807) is 40.9 Å². The minimum atomic E-state index is -0.732. The number of amides is 3. The van der Waals surface area contributed by atoms with Gasteiger partial charge in [0.1, 0.15) is 6.04 Å². The number of carbonyl (C=O) groups excluding carboxylic acids is 3. The van der Waals surface area contributed by atoms with Crippen LogP contribution in [0, 0.1) is 11.8 Å². The fraction of sp³-hybridized carbons (Fsp3) is 0.423. The van der Waals surface area contributed by atoms with E-state index in [1.165, 1.54) is 0 Å². The summed E-state index contributed by atoms with van der Waals surface area (Å²) in [6.45, 7) is 0.570. The second-order valence-corrected chi connectivity index (χ2v) is 11.3. The molecular formula is C26H28ClN3O4S. The summed E-state index contributed by atoms with van der Waals surface area (Å²) in [6.07, 6.45) is 1.84. The molecule has 184 valence electrons. The van der Waals surface area contributed by atoms with Gasteiger partial charge in [-0.25, -0.2) is 0 Å². The number of rotatable bonds is 8. The van der Waals surface area contributed by atoms with Crippen LogP contribution in [0.25, 0.3) is 0 Å². The fourth-order valence-electron chi connectivity index (χ4n) is 5.90. The van der Waals surface area contributed by atoms with Gasteiger partial charge in [-0.05, 0) is 37.0 Å². The molecule has 2 aromatic carbocycles. The van der Waals surface area contributed by atoms with E-state index < -0.39 is 22.6 Å². The van der Waals surface area contributed by atoms with Crippen LogP contribution in [-0.4, -0.2) is 56.9 Å². The first-order chi connectivity index (χ1) is 17.0. The van der Waals surface area contributed by atoms with Crippen molar-refractivity contribution in [2.45, 2.75) is 41.8 Å². The number of aliphatic hydroxyl groups is 1. The number of hydrogen-bond donors (Lipinski definition) is 3. The molecule has 35 heavy (non-hydrogen) atoms. The summed E-state index contributed by atoms with van der Waals surface area (Å²) in [5.41, 5.74) is 1.48. The molecule has 7 nitrogen and oxygen atoms in total. The maximum Gasteiger partial charge on any atom is 0.248 e. The summed E-state index contributed by atoms with van der Waals surface area (Å²) in [4.78, 5) is 42.4. The molecule has 1 spiro atoms. The molecule has 3 aliphatic rings. The third kappa shape index (κ3) is 4.21. The molecule has 0 radical (unpaired) electrons. The Labute approximate surface area is 213 Å². The SMILES string of the molecule is O=C(Nc1ccccc1Cl)C1N(CCCO)C(=O)[C@@H]2[C@@H](C(=O)NCc3ccccc3)[C@H]3CCC12S3. The quantitative estimate of drug-likeness (QED) is 0.504. The summed E-state index contributed by atoms with van der Waals surface area (Å²) < 4.78 is -0.669. The number of para-hydroxylation sites is 1. The van der Waals surface area contributed by atoms with Crippen LogP contribution < -0.4 is 10.6 Å². The predicted molar refractivity (Wildman–Crippen MR) is 136 cm³/mol. The van der Waals surface area contributed by atoms with Gasteiger partial charge in [-0.1, -0.05) is 54.1 Å². The molecule has 5 atom stereocenters. The van der Waals surface area contributed by atoms with Gasteiger partial charge >= 0.3 is 0 Å². The molecular weight excluding hydrogens is 486 g/mol. The van der Waals surface area contributed by atoms with E-state index >= 15 is 0 Å². The molecule has 3 heterocycles. The highest BCUT2D eigenvalue weighted by Gasteiger charge is 2.73. The van der Waals surface area contributed by atoms with Crippen LogP contribution in [0.5, 0.6) is 0 Å². The minimum Gasteiger partial charge on any atom is -0.396 e. The van der Waals surface area contributed by atoms with Crippen LogP contribution >= 0.6 is 23.4 Å². The van der Waals surface area contributed by atoms with Crippen LogP contribution in [0.15, 0.2) is 54.6 Å². The van der Waals surface area contributed by atoms with Gasteiger partial charge in [0.25, 0.3) is 0 Å². The molecule has 3 fully saturated rings. The highest BCUT2D eigenvalue weighted by Crippen LogP contribution is 2.66. The van der Waals surface area contributed by atoms with E-state index in [2.05, 4.69) is 10.6 Å². The van der Waals surface area contributed by atoms with Crippen molar-refractivity contribution in [3.05, 3.63) is 65.2 Å². The van der Waals surface area contributed by atoms with E-state index in [4.69, 9.17) is 11.6 Å². The van der Waals surface area contributed by atoms with E-state index in [1.807, 2.05) is 30.3 Å². The average molecular weight is 514 g/mol. The zero-order valence-electron chi connectivity index (χ0n) is 19.2. The summed E-state index contributed by atoms with van der Waals surface area (Å²) in [5.74, 6) is -1.67. The standard InChI is InChI=1S/C26H28ClN3O4S/c27-17-9-4-5-10-18(17)29-24(33)22-26-12-11-19(35-26)20(21(26)25(34)30(22)13-6-14-31)23(32)28-15-16-7-2-1-3-8-16/h1-5,7-10,19-22,31H,6,11-15H2,(H,28,32)(H,29,33)/t19-,20+,21+,22?,26?/m1/s1. The zero-order chi connectivity index (χ0) is 24.6. The van der Waals surface area contributed by atoms with Gasteiger partial charge in [-0.2, -0.15) is 0 Å². The van der Waals surface area contributed by atoms with Gasteiger partial charge in [-0.3, -0.25) is 14.4 Å². The lowest BCUT2D eigenvalue weighted by Crippen LogP contribution is -2.52. The van der Waals surface area contributed by atoms with E-state index in [0.29, 0.717) is 30.1 Å². The molecule has 5 rings (SSSR count). The number of benzene rings is 2. The van der Waals surface area contributed by atoms with Crippen molar-refractivity contribution in [3.8, 4) is 0 Å². The second-order valence-electron chi connectivity index (χ2n) is 9.34. The van der Waals surface area contributed by atoms with Crippen LogP contribution in [0.3, 0.4) is 0 Å². The molecule has 3 saturated heterocycles. The van der Waals surface area contributed by atoms with Gasteiger partial charge in [0, 0.05) is 24.9 Å². The van der Waals surface area contributed by atoms with E-state index in [9.17, 15) is 19.5 Å². The van der Waals surface area contributed by atoms with Crippen molar-refractivity contribution in [3.63, 3.8) is 0 Å². The van der Waals surface area contributed by atoms with Crippen LogP contribution in [0.2, 0.25) is 5.02 Å². The lowest BCUT2D eigenvalue weighted by Gasteiger charge is -2.34. The second kappa shape index (κ2) is 9.84. The third-order valence-corrected chi connectivity index (χ3v) is 9.63.